The Morgan fingerprint density at radius 2 is 1.50 bits per heavy atom. The van der Waals surface area contributed by atoms with Crippen LogP contribution < -0.4 is 0 Å². The first-order valence-electron chi connectivity index (χ1n) is 3.84. The molecule has 6 heteroatoms. The van der Waals surface area contributed by atoms with E-state index >= 15 is 0 Å². The number of rotatable bonds is 4. The molecule has 0 fully saturated rings. The predicted molar refractivity (Wildman–Crippen MR) is 54.6 cm³/mol. The van der Waals surface area contributed by atoms with E-state index in [0.29, 0.717) is 0 Å². The van der Waals surface area contributed by atoms with E-state index in [1.165, 1.54) is 0 Å². The largest absolute Gasteiger partial charge is 0.726 e. The molecule has 0 radical (unpaired) electrons. The molecule has 0 saturated carbocycles. The second kappa shape index (κ2) is 6.72. The van der Waals surface area contributed by atoms with Gasteiger partial charge in [-0.15, -0.1) is 0 Å². The van der Waals surface area contributed by atoms with Crippen molar-refractivity contribution in [1.29, 1.82) is 0 Å². The SMILES string of the molecule is C=CC[N+](C)(C)CC=C.O=S(=O)([O-])O. The molecule has 0 aliphatic rings. The first-order chi connectivity index (χ1) is 6.12. The Morgan fingerprint density at radius 3 is 1.64 bits per heavy atom. The average molecular weight is 223 g/mol. The maximum absolute atomic E-state index is 8.63. The molecule has 0 heterocycles. The van der Waals surface area contributed by atoms with Crippen molar-refractivity contribution in [3.05, 3.63) is 25.3 Å². The minimum Gasteiger partial charge on any atom is -0.726 e. The Hall–Kier alpha value is -0.690. The molecule has 0 unspecified atom stereocenters. The Balaban J connectivity index is 0. The maximum Gasteiger partial charge on any atom is 0.215 e. The summed E-state index contributed by atoms with van der Waals surface area (Å²) in [6, 6.07) is 0. The van der Waals surface area contributed by atoms with Crippen molar-refractivity contribution in [2.75, 3.05) is 27.2 Å². The van der Waals surface area contributed by atoms with Crippen LogP contribution in [0.3, 0.4) is 0 Å². The fourth-order valence-electron chi connectivity index (χ4n) is 0.774. The summed E-state index contributed by atoms with van der Waals surface area (Å²) in [7, 11) is -0.604. The Bertz CT molecular complexity index is 249. The predicted octanol–water partition coefficient (Wildman–Crippen LogP) is 0.439. The fraction of sp³-hybridized carbons (Fsp3) is 0.500. The summed E-state index contributed by atoms with van der Waals surface area (Å²) in [6.45, 7) is 9.37. The molecule has 0 atom stereocenters. The highest BCUT2D eigenvalue weighted by molar-refractivity contribution is 7.79. The highest BCUT2D eigenvalue weighted by atomic mass is 32.3. The van der Waals surface area contributed by atoms with Crippen molar-refractivity contribution in [3.8, 4) is 0 Å². The van der Waals surface area contributed by atoms with Gasteiger partial charge in [0.2, 0.25) is 10.4 Å². The molecule has 0 rings (SSSR count). The van der Waals surface area contributed by atoms with Gasteiger partial charge in [-0.2, -0.15) is 0 Å². The van der Waals surface area contributed by atoms with E-state index in [2.05, 4.69) is 27.3 Å². The monoisotopic (exact) mass is 223 g/mol. The summed E-state index contributed by atoms with van der Waals surface area (Å²) < 4.78 is 33.8. The van der Waals surface area contributed by atoms with Crippen LogP contribution in [0.2, 0.25) is 0 Å². The van der Waals surface area contributed by atoms with E-state index in [4.69, 9.17) is 17.5 Å². The van der Waals surface area contributed by atoms with Gasteiger partial charge < -0.3 is 9.04 Å². The molecule has 0 aliphatic heterocycles. The maximum atomic E-state index is 8.63. The van der Waals surface area contributed by atoms with E-state index in [1.54, 1.807) is 0 Å². The lowest BCUT2D eigenvalue weighted by Crippen LogP contribution is -2.39. The third kappa shape index (κ3) is 22.5. The van der Waals surface area contributed by atoms with Gasteiger partial charge in [0.25, 0.3) is 0 Å². The van der Waals surface area contributed by atoms with Gasteiger partial charge in [-0.25, -0.2) is 8.42 Å². The third-order valence-corrected chi connectivity index (χ3v) is 1.25. The number of quaternary nitrogens is 1. The topological polar surface area (TPSA) is 77.4 Å². The summed E-state index contributed by atoms with van der Waals surface area (Å²) in [5.74, 6) is 0. The molecule has 0 saturated heterocycles. The molecule has 0 spiro atoms. The lowest BCUT2D eigenvalue weighted by atomic mass is 10.4. The summed E-state index contributed by atoms with van der Waals surface area (Å²) in [5.41, 5.74) is 0. The molecule has 0 amide bonds. The smallest absolute Gasteiger partial charge is 0.215 e. The standard InChI is InChI=1S/C8H16N.H2O4S/c1-5-7-9(3,4)8-6-2;1-5(2,3)4/h5-6H,1-2,7-8H2,3-4H3;(H2,1,2,3,4)/q+1;/p-1. The van der Waals surface area contributed by atoms with Gasteiger partial charge in [0.15, 0.2) is 0 Å². The third-order valence-electron chi connectivity index (χ3n) is 1.25. The van der Waals surface area contributed by atoms with E-state index in [0.717, 1.165) is 17.6 Å². The number of nitrogens with zero attached hydrogens (tertiary/aromatic N) is 1. The minimum atomic E-state index is -4.92. The zero-order valence-corrected chi connectivity index (χ0v) is 9.33. The van der Waals surface area contributed by atoms with Gasteiger partial charge >= 0.3 is 0 Å². The molecule has 14 heavy (non-hydrogen) atoms. The van der Waals surface area contributed by atoms with Crippen molar-refractivity contribution in [3.63, 3.8) is 0 Å². The van der Waals surface area contributed by atoms with Gasteiger partial charge in [-0.1, -0.05) is 13.2 Å². The number of hydrogen-bond acceptors (Lipinski definition) is 3. The highest BCUT2D eigenvalue weighted by Crippen LogP contribution is 1.95. The van der Waals surface area contributed by atoms with Gasteiger partial charge in [-0.3, -0.25) is 4.55 Å². The van der Waals surface area contributed by atoms with Crippen molar-refractivity contribution >= 4 is 10.4 Å². The molecule has 0 aromatic carbocycles. The molecule has 0 aromatic heterocycles. The summed E-state index contributed by atoms with van der Waals surface area (Å²) >= 11 is 0. The van der Waals surface area contributed by atoms with Crippen LogP contribution in [0.5, 0.6) is 0 Å². The van der Waals surface area contributed by atoms with E-state index in [1.807, 2.05) is 12.2 Å². The lowest BCUT2D eigenvalue weighted by molar-refractivity contribution is -0.878. The second-order valence-electron chi connectivity index (χ2n) is 3.31. The zero-order valence-electron chi connectivity index (χ0n) is 8.51. The Kier molecular flexibility index (Phi) is 7.57. The van der Waals surface area contributed by atoms with Crippen molar-refractivity contribution in [1.82, 2.24) is 0 Å². The van der Waals surface area contributed by atoms with Crippen LogP contribution in [0.15, 0.2) is 25.3 Å². The Morgan fingerprint density at radius 1 is 1.29 bits per heavy atom. The summed E-state index contributed by atoms with van der Waals surface area (Å²) in [5, 5.41) is 0. The number of likely N-dealkylation sites (N-methyl/N-ethyl adjacent to an activating group) is 1. The molecule has 0 bridgehead atoms. The van der Waals surface area contributed by atoms with Crippen LogP contribution in [0.4, 0.5) is 0 Å². The first-order valence-corrected chi connectivity index (χ1v) is 5.21. The molecule has 1 N–H and O–H groups in total. The van der Waals surface area contributed by atoms with Gasteiger partial charge in [0, 0.05) is 0 Å². The van der Waals surface area contributed by atoms with Gasteiger partial charge in [0.1, 0.15) is 0 Å². The van der Waals surface area contributed by atoms with Crippen molar-refractivity contribution in [2.45, 2.75) is 0 Å². The van der Waals surface area contributed by atoms with Crippen molar-refractivity contribution in [2.24, 2.45) is 0 Å². The number of hydrogen-bond donors (Lipinski definition) is 1. The molecule has 84 valence electrons. The second-order valence-corrected chi connectivity index (χ2v) is 4.16. The Labute approximate surface area is 85.5 Å². The normalized spacial score (nSPS) is 11.1. The van der Waals surface area contributed by atoms with Crippen LogP contribution in [0, 0.1) is 0 Å². The van der Waals surface area contributed by atoms with Crippen LogP contribution in [-0.2, 0) is 10.4 Å². The van der Waals surface area contributed by atoms with Crippen LogP contribution >= 0.6 is 0 Å². The van der Waals surface area contributed by atoms with Crippen molar-refractivity contribution < 1.29 is 22.0 Å². The van der Waals surface area contributed by atoms with Gasteiger partial charge in [0.05, 0.1) is 27.2 Å². The van der Waals surface area contributed by atoms with Crippen LogP contribution in [0.25, 0.3) is 0 Å². The summed E-state index contributed by atoms with van der Waals surface area (Å²) in [6.07, 6.45) is 3.87. The quantitative estimate of drug-likeness (QED) is 0.325. The minimum absolute atomic E-state index is 0.951. The molecule has 0 aliphatic carbocycles. The van der Waals surface area contributed by atoms with E-state index in [-0.39, 0.29) is 0 Å². The van der Waals surface area contributed by atoms with Crippen LogP contribution in [0.1, 0.15) is 0 Å². The first kappa shape index (κ1) is 15.8. The highest BCUT2D eigenvalue weighted by Gasteiger charge is 2.07. The van der Waals surface area contributed by atoms with Gasteiger partial charge in [-0.05, 0) is 12.2 Å². The summed E-state index contributed by atoms with van der Waals surface area (Å²) in [4.78, 5) is 0. The van der Waals surface area contributed by atoms with E-state index in [9.17, 15) is 0 Å². The molecule has 0 aromatic rings. The molecular formula is C8H17NO4S. The fourth-order valence-corrected chi connectivity index (χ4v) is 0.774. The van der Waals surface area contributed by atoms with E-state index < -0.39 is 10.4 Å². The zero-order chi connectivity index (χ0) is 11.8. The average Bonchev–Trinajstić information content (AvgIpc) is 1.81. The molecule has 5 nitrogen and oxygen atoms in total. The lowest BCUT2D eigenvalue weighted by Gasteiger charge is -2.26. The van der Waals surface area contributed by atoms with Crippen LogP contribution in [-0.4, -0.2) is 49.2 Å². The molecular weight excluding hydrogens is 206 g/mol.